The Morgan fingerprint density at radius 1 is 1.35 bits per heavy atom. The van der Waals surface area contributed by atoms with E-state index in [4.69, 9.17) is 0 Å². The van der Waals surface area contributed by atoms with Crippen LogP contribution in [0.15, 0.2) is 0 Å². The molecule has 1 aliphatic rings. The summed E-state index contributed by atoms with van der Waals surface area (Å²) in [5.41, 5.74) is 0. The predicted molar refractivity (Wildman–Crippen MR) is 67.1 cm³/mol. The first-order valence-corrected chi connectivity index (χ1v) is 7.98. The van der Waals surface area contributed by atoms with E-state index in [1.54, 1.807) is 4.90 Å². The summed E-state index contributed by atoms with van der Waals surface area (Å²) in [6, 6.07) is 0. The van der Waals surface area contributed by atoms with Gasteiger partial charge in [-0.1, -0.05) is 0 Å². The summed E-state index contributed by atoms with van der Waals surface area (Å²) in [7, 11) is -3.17. The molecule has 1 fully saturated rings. The Balaban J connectivity index is 2.70. The Bertz CT molecular complexity index is 363. The van der Waals surface area contributed by atoms with E-state index in [0.717, 1.165) is 12.8 Å². The van der Waals surface area contributed by atoms with Gasteiger partial charge in [-0.25, -0.2) is 12.7 Å². The molecule has 1 amide bonds. The average Bonchev–Trinajstić information content (AvgIpc) is 2.29. The van der Waals surface area contributed by atoms with Gasteiger partial charge in [-0.2, -0.15) is 0 Å². The third-order valence-electron chi connectivity index (χ3n) is 3.28. The van der Waals surface area contributed by atoms with Crippen molar-refractivity contribution in [3.05, 3.63) is 0 Å². The summed E-state index contributed by atoms with van der Waals surface area (Å²) < 4.78 is 24.3. The van der Waals surface area contributed by atoms with Gasteiger partial charge in [0.25, 0.3) is 0 Å². The number of hydrogen-bond acceptors (Lipinski definition) is 3. The summed E-state index contributed by atoms with van der Waals surface area (Å²) in [5, 5.41) is 0. The molecule has 17 heavy (non-hydrogen) atoms. The van der Waals surface area contributed by atoms with Gasteiger partial charge in [0.1, 0.15) is 0 Å². The molecular formula is C11H22N2O3S. The first kappa shape index (κ1) is 14.4. The van der Waals surface area contributed by atoms with Gasteiger partial charge in [0, 0.05) is 26.2 Å². The van der Waals surface area contributed by atoms with Crippen molar-refractivity contribution in [3.63, 3.8) is 0 Å². The molecule has 1 heterocycles. The molecule has 0 radical (unpaired) electrons. The molecule has 0 aromatic carbocycles. The van der Waals surface area contributed by atoms with Crippen molar-refractivity contribution in [3.8, 4) is 0 Å². The number of amides is 1. The quantitative estimate of drug-likeness (QED) is 0.742. The Morgan fingerprint density at radius 2 is 1.94 bits per heavy atom. The van der Waals surface area contributed by atoms with Crippen LogP contribution < -0.4 is 0 Å². The number of piperidine rings is 1. The highest BCUT2D eigenvalue weighted by Crippen LogP contribution is 2.20. The minimum absolute atomic E-state index is 0.0864. The minimum atomic E-state index is -3.17. The molecule has 1 aliphatic heterocycles. The van der Waals surface area contributed by atoms with Crippen molar-refractivity contribution in [2.24, 2.45) is 5.92 Å². The smallest absolute Gasteiger partial charge is 0.226 e. The van der Waals surface area contributed by atoms with E-state index in [-0.39, 0.29) is 11.8 Å². The molecule has 5 nitrogen and oxygen atoms in total. The van der Waals surface area contributed by atoms with Gasteiger partial charge in [0.05, 0.1) is 12.2 Å². The van der Waals surface area contributed by atoms with Gasteiger partial charge in [0.2, 0.25) is 15.9 Å². The first-order valence-electron chi connectivity index (χ1n) is 6.14. The normalized spacial score (nSPS) is 22.4. The summed E-state index contributed by atoms with van der Waals surface area (Å²) in [4.78, 5) is 13.9. The maximum Gasteiger partial charge on any atom is 0.226 e. The third-order valence-corrected chi connectivity index (χ3v) is 4.55. The summed E-state index contributed by atoms with van der Waals surface area (Å²) in [5.74, 6) is -0.0817. The lowest BCUT2D eigenvalue weighted by Gasteiger charge is -2.33. The maximum atomic E-state index is 12.1. The number of nitrogens with zero attached hydrogens (tertiary/aromatic N) is 2. The number of sulfonamides is 1. The second-order valence-electron chi connectivity index (χ2n) is 4.47. The predicted octanol–water partition coefficient (Wildman–Crippen LogP) is 0.526. The lowest BCUT2D eigenvalue weighted by molar-refractivity contribution is -0.136. The number of hydrogen-bond donors (Lipinski definition) is 0. The highest BCUT2D eigenvalue weighted by molar-refractivity contribution is 7.88. The highest BCUT2D eigenvalue weighted by atomic mass is 32.2. The summed E-state index contributed by atoms with van der Waals surface area (Å²) >= 11 is 0. The molecular weight excluding hydrogens is 240 g/mol. The summed E-state index contributed by atoms with van der Waals surface area (Å²) in [6.45, 7) is 6.14. The highest BCUT2D eigenvalue weighted by Gasteiger charge is 2.31. The SMILES string of the molecule is CCN(CC)C(=O)[C@H]1CCCN(S(C)(=O)=O)C1. The molecule has 0 spiro atoms. The standard InChI is InChI=1S/C11H22N2O3S/c1-4-12(5-2)11(14)10-7-6-8-13(9-10)17(3,15)16/h10H,4-9H2,1-3H3/t10-/m0/s1. The number of rotatable bonds is 4. The maximum absolute atomic E-state index is 12.1. The van der Waals surface area contributed by atoms with Gasteiger partial charge >= 0.3 is 0 Å². The van der Waals surface area contributed by atoms with Crippen LogP contribution >= 0.6 is 0 Å². The van der Waals surface area contributed by atoms with Crippen LogP contribution in [0.2, 0.25) is 0 Å². The van der Waals surface area contributed by atoms with Crippen molar-refractivity contribution in [2.75, 3.05) is 32.4 Å². The summed E-state index contributed by atoms with van der Waals surface area (Å²) in [6.07, 6.45) is 2.77. The fourth-order valence-corrected chi connectivity index (χ4v) is 3.15. The van der Waals surface area contributed by atoms with E-state index < -0.39 is 10.0 Å². The Labute approximate surface area is 104 Å². The monoisotopic (exact) mass is 262 g/mol. The van der Waals surface area contributed by atoms with Crippen molar-refractivity contribution < 1.29 is 13.2 Å². The average molecular weight is 262 g/mol. The van der Waals surface area contributed by atoms with E-state index in [2.05, 4.69) is 0 Å². The fourth-order valence-electron chi connectivity index (χ4n) is 2.24. The van der Waals surface area contributed by atoms with Gasteiger partial charge < -0.3 is 4.90 Å². The van der Waals surface area contributed by atoms with Crippen molar-refractivity contribution in [2.45, 2.75) is 26.7 Å². The molecule has 0 aromatic heterocycles. The van der Waals surface area contributed by atoms with Crippen LogP contribution in [0.4, 0.5) is 0 Å². The largest absolute Gasteiger partial charge is 0.343 e. The van der Waals surface area contributed by atoms with Gasteiger partial charge in [-0.05, 0) is 26.7 Å². The Kier molecular flexibility index (Phi) is 4.94. The topological polar surface area (TPSA) is 57.7 Å². The molecule has 0 N–H and O–H groups in total. The van der Waals surface area contributed by atoms with Gasteiger partial charge in [-0.15, -0.1) is 0 Å². The van der Waals surface area contributed by atoms with Crippen LogP contribution in [-0.4, -0.2) is 56.0 Å². The second-order valence-corrected chi connectivity index (χ2v) is 6.45. The van der Waals surface area contributed by atoms with Crippen LogP contribution in [0, 0.1) is 5.92 Å². The number of carbonyl (C=O) groups is 1. The van der Waals surface area contributed by atoms with Crippen LogP contribution in [0.3, 0.4) is 0 Å². The molecule has 0 bridgehead atoms. The van der Waals surface area contributed by atoms with Crippen molar-refractivity contribution >= 4 is 15.9 Å². The van der Waals surface area contributed by atoms with Crippen molar-refractivity contribution in [1.82, 2.24) is 9.21 Å². The zero-order chi connectivity index (χ0) is 13.1. The first-order chi connectivity index (χ1) is 7.90. The van der Waals surface area contributed by atoms with E-state index in [1.165, 1.54) is 10.6 Å². The molecule has 1 rings (SSSR count). The third kappa shape index (κ3) is 3.67. The van der Waals surface area contributed by atoms with E-state index in [1.807, 2.05) is 13.8 Å². The molecule has 0 unspecified atom stereocenters. The zero-order valence-electron chi connectivity index (χ0n) is 10.8. The van der Waals surface area contributed by atoms with Crippen molar-refractivity contribution in [1.29, 1.82) is 0 Å². The molecule has 1 atom stereocenters. The van der Waals surface area contributed by atoms with E-state index >= 15 is 0 Å². The molecule has 0 aliphatic carbocycles. The zero-order valence-corrected chi connectivity index (χ0v) is 11.7. The molecule has 0 aromatic rings. The van der Waals surface area contributed by atoms with Crippen LogP contribution in [0.1, 0.15) is 26.7 Å². The molecule has 6 heteroatoms. The Hall–Kier alpha value is -0.620. The van der Waals surface area contributed by atoms with E-state index in [9.17, 15) is 13.2 Å². The van der Waals surface area contributed by atoms with Crippen LogP contribution in [0.5, 0.6) is 0 Å². The minimum Gasteiger partial charge on any atom is -0.343 e. The van der Waals surface area contributed by atoms with Gasteiger partial charge in [0.15, 0.2) is 0 Å². The van der Waals surface area contributed by atoms with Gasteiger partial charge in [-0.3, -0.25) is 4.79 Å². The van der Waals surface area contributed by atoms with Crippen LogP contribution in [-0.2, 0) is 14.8 Å². The molecule has 0 saturated carbocycles. The lowest BCUT2D eigenvalue weighted by Crippen LogP contribution is -2.46. The fraction of sp³-hybridized carbons (Fsp3) is 0.909. The molecule has 100 valence electrons. The Morgan fingerprint density at radius 3 is 2.41 bits per heavy atom. The van der Waals surface area contributed by atoms with Crippen LogP contribution in [0.25, 0.3) is 0 Å². The lowest BCUT2D eigenvalue weighted by atomic mass is 9.98. The molecule has 1 saturated heterocycles. The van der Waals surface area contributed by atoms with E-state index in [0.29, 0.717) is 26.2 Å². The second kappa shape index (κ2) is 5.82. The number of carbonyl (C=O) groups excluding carboxylic acids is 1.